The van der Waals surface area contributed by atoms with E-state index in [4.69, 9.17) is 44.9 Å². The van der Waals surface area contributed by atoms with Gasteiger partial charge in [0.05, 0.1) is 19.5 Å². The van der Waals surface area contributed by atoms with Crippen LogP contribution >= 0.6 is 35.4 Å². The number of rotatable bonds is 7. The number of imidazole rings is 1. The van der Waals surface area contributed by atoms with E-state index in [1.54, 1.807) is 24.7 Å². The SMILES string of the molecule is CCCCOC(=S)OC(Cn1ccnc1)c1ccc(Cl)cc1Cl. The lowest BCUT2D eigenvalue weighted by atomic mass is 10.1. The fraction of sp³-hybridized carbons (Fsp3) is 0.375. The van der Waals surface area contributed by atoms with Gasteiger partial charge in [0.1, 0.15) is 6.10 Å². The van der Waals surface area contributed by atoms with Gasteiger partial charge in [0, 0.05) is 40.2 Å². The van der Waals surface area contributed by atoms with Crippen LogP contribution in [0.3, 0.4) is 0 Å². The van der Waals surface area contributed by atoms with Crippen molar-refractivity contribution in [1.82, 2.24) is 9.55 Å². The molecule has 0 saturated carbocycles. The van der Waals surface area contributed by atoms with Crippen molar-refractivity contribution in [2.24, 2.45) is 0 Å². The molecule has 0 bridgehead atoms. The molecular formula is C16H18Cl2N2O2S. The molecule has 1 atom stereocenters. The molecule has 0 aliphatic heterocycles. The molecule has 1 aromatic heterocycles. The molecule has 1 heterocycles. The van der Waals surface area contributed by atoms with Crippen LogP contribution in [-0.4, -0.2) is 21.4 Å². The van der Waals surface area contributed by atoms with Gasteiger partial charge < -0.3 is 14.0 Å². The number of thiocarbonyl (C=S) groups is 1. The van der Waals surface area contributed by atoms with E-state index in [9.17, 15) is 0 Å². The molecule has 23 heavy (non-hydrogen) atoms. The number of nitrogens with zero attached hydrogens (tertiary/aromatic N) is 2. The van der Waals surface area contributed by atoms with Crippen LogP contribution in [0, 0.1) is 0 Å². The third-order valence-electron chi connectivity index (χ3n) is 3.20. The fourth-order valence-corrected chi connectivity index (χ4v) is 2.73. The highest BCUT2D eigenvalue weighted by atomic mass is 35.5. The smallest absolute Gasteiger partial charge is 0.352 e. The predicted molar refractivity (Wildman–Crippen MR) is 96.0 cm³/mol. The molecule has 0 spiro atoms. The maximum absolute atomic E-state index is 6.30. The zero-order chi connectivity index (χ0) is 16.7. The Balaban J connectivity index is 2.12. The molecule has 1 aromatic carbocycles. The molecule has 2 rings (SSSR count). The van der Waals surface area contributed by atoms with Crippen LogP contribution in [0.5, 0.6) is 0 Å². The summed E-state index contributed by atoms with van der Waals surface area (Å²) in [5.74, 6) is 0. The highest BCUT2D eigenvalue weighted by Crippen LogP contribution is 2.30. The Labute approximate surface area is 151 Å². The van der Waals surface area contributed by atoms with Crippen LogP contribution in [0.15, 0.2) is 36.9 Å². The number of ether oxygens (including phenoxy) is 2. The maximum Gasteiger partial charge on any atom is 0.352 e. The van der Waals surface area contributed by atoms with Crippen molar-refractivity contribution in [3.05, 3.63) is 52.5 Å². The van der Waals surface area contributed by atoms with Gasteiger partial charge in [0.25, 0.3) is 0 Å². The second-order valence-corrected chi connectivity index (χ2v) is 6.16. The van der Waals surface area contributed by atoms with E-state index in [1.807, 2.05) is 16.8 Å². The lowest BCUT2D eigenvalue weighted by Crippen LogP contribution is -2.18. The van der Waals surface area contributed by atoms with Gasteiger partial charge in [-0.2, -0.15) is 0 Å². The maximum atomic E-state index is 6.30. The standard InChI is InChI=1S/C16H18Cl2N2O2S/c1-2-3-8-21-16(23)22-15(10-20-7-6-19-11-20)13-5-4-12(17)9-14(13)18/h4-7,9,11,15H,2-3,8,10H2,1H3. The van der Waals surface area contributed by atoms with Crippen molar-refractivity contribution in [2.75, 3.05) is 6.61 Å². The van der Waals surface area contributed by atoms with Gasteiger partial charge in [-0.15, -0.1) is 0 Å². The first-order chi connectivity index (χ1) is 11.1. The molecule has 0 aliphatic rings. The molecule has 4 nitrogen and oxygen atoms in total. The van der Waals surface area contributed by atoms with Crippen molar-refractivity contribution in [3.63, 3.8) is 0 Å². The van der Waals surface area contributed by atoms with Crippen molar-refractivity contribution in [2.45, 2.75) is 32.4 Å². The van der Waals surface area contributed by atoms with E-state index in [1.165, 1.54) is 0 Å². The quantitative estimate of drug-likeness (QED) is 0.503. The van der Waals surface area contributed by atoms with Gasteiger partial charge >= 0.3 is 5.24 Å². The first kappa shape index (κ1) is 18.0. The van der Waals surface area contributed by atoms with Crippen molar-refractivity contribution in [1.29, 1.82) is 0 Å². The largest absolute Gasteiger partial charge is 0.457 e. The van der Waals surface area contributed by atoms with Crippen LogP contribution < -0.4 is 0 Å². The van der Waals surface area contributed by atoms with Gasteiger partial charge in [0.2, 0.25) is 0 Å². The van der Waals surface area contributed by atoms with E-state index in [0.29, 0.717) is 23.2 Å². The monoisotopic (exact) mass is 372 g/mol. The van der Waals surface area contributed by atoms with Crippen molar-refractivity contribution in [3.8, 4) is 0 Å². The number of benzene rings is 1. The minimum absolute atomic E-state index is 0.120. The highest BCUT2D eigenvalue weighted by Gasteiger charge is 2.19. The zero-order valence-corrected chi connectivity index (χ0v) is 15.1. The van der Waals surface area contributed by atoms with Gasteiger partial charge in [-0.3, -0.25) is 0 Å². The predicted octanol–water partition coefficient (Wildman–Crippen LogP) is 5.05. The summed E-state index contributed by atoms with van der Waals surface area (Å²) >= 11 is 17.4. The second-order valence-electron chi connectivity index (χ2n) is 4.98. The van der Waals surface area contributed by atoms with Gasteiger partial charge in [-0.25, -0.2) is 4.98 Å². The molecule has 0 radical (unpaired) electrons. The highest BCUT2D eigenvalue weighted by molar-refractivity contribution is 7.79. The number of halogens is 2. The Morgan fingerprint density at radius 1 is 1.39 bits per heavy atom. The van der Waals surface area contributed by atoms with Crippen molar-refractivity contribution < 1.29 is 9.47 Å². The minimum atomic E-state index is -0.386. The first-order valence-corrected chi connectivity index (χ1v) is 8.50. The molecule has 1 unspecified atom stereocenters. The van der Waals surface area contributed by atoms with E-state index in [0.717, 1.165) is 18.4 Å². The molecule has 2 aromatic rings. The number of aromatic nitrogens is 2. The first-order valence-electron chi connectivity index (χ1n) is 7.34. The summed E-state index contributed by atoms with van der Waals surface area (Å²) in [5.41, 5.74) is 0.797. The average molecular weight is 373 g/mol. The lowest BCUT2D eigenvalue weighted by Gasteiger charge is -2.21. The molecule has 0 saturated heterocycles. The van der Waals surface area contributed by atoms with Crippen LogP contribution in [0.25, 0.3) is 0 Å². The fourth-order valence-electron chi connectivity index (χ4n) is 2.00. The summed E-state index contributed by atoms with van der Waals surface area (Å²) in [6.45, 7) is 3.14. The summed E-state index contributed by atoms with van der Waals surface area (Å²) in [4.78, 5) is 4.03. The zero-order valence-electron chi connectivity index (χ0n) is 12.7. The molecule has 124 valence electrons. The Morgan fingerprint density at radius 3 is 2.87 bits per heavy atom. The number of hydrogen-bond acceptors (Lipinski definition) is 4. The Kier molecular flexibility index (Phi) is 7.15. The Bertz CT molecular complexity index is 635. The summed E-state index contributed by atoms with van der Waals surface area (Å²) in [6.07, 6.45) is 6.84. The van der Waals surface area contributed by atoms with E-state index in [-0.39, 0.29) is 11.3 Å². The van der Waals surface area contributed by atoms with Crippen molar-refractivity contribution >= 4 is 40.7 Å². The van der Waals surface area contributed by atoms with Crippen LogP contribution in [0.1, 0.15) is 31.4 Å². The molecule has 0 fully saturated rings. The molecule has 0 N–H and O–H groups in total. The summed E-state index contributed by atoms with van der Waals surface area (Å²) in [5, 5.41) is 1.22. The van der Waals surface area contributed by atoms with Crippen LogP contribution in [-0.2, 0) is 16.0 Å². The third kappa shape index (κ3) is 5.68. The molecular weight excluding hydrogens is 355 g/mol. The lowest BCUT2D eigenvalue weighted by molar-refractivity contribution is 0.105. The third-order valence-corrected chi connectivity index (χ3v) is 3.98. The van der Waals surface area contributed by atoms with E-state index >= 15 is 0 Å². The normalized spacial score (nSPS) is 12.0. The van der Waals surface area contributed by atoms with E-state index < -0.39 is 0 Å². The molecule has 0 aliphatic carbocycles. The van der Waals surface area contributed by atoms with Gasteiger partial charge in [0.15, 0.2) is 0 Å². The van der Waals surface area contributed by atoms with Gasteiger partial charge in [-0.1, -0.05) is 42.6 Å². The number of unbranched alkanes of at least 4 members (excludes halogenated alkanes) is 1. The van der Waals surface area contributed by atoms with Crippen LogP contribution in [0.4, 0.5) is 0 Å². The Hall–Kier alpha value is -1.30. The molecule has 0 amide bonds. The van der Waals surface area contributed by atoms with Crippen LogP contribution in [0.2, 0.25) is 10.0 Å². The molecule has 7 heteroatoms. The topological polar surface area (TPSA) is 36.3 Å². The Morgan fingerprint density at radius 2 is 2.22 bits per heavy atom. The van der Waals surface area contributed by atoms with E-state index in [2.05, 4.69) is 11.9 Å². The summed E-state index contributed by atoms with van der Waals surface area (Å²) in [7, 11) is 0. The minimum Gasteiger partial charge on any atom is -0.457 e. The van der Waals surface area contributed by atoms with Gasteiger partial charge in [-0.05, 0) is 18.6 Å². The summed E-state index contributed by atoms with van der Waals surface area (Å²) in [6, 6.07) is 5.29. The second kappa shape index (κ2) is 9.11. The number of hydrogen-bond donors (Lipinski definition) is 0. The summed E-state index contributed by atoms with van der Waals surface area (Å²) < 4.78 is 13.1. The average Bonchev–Trinajstić information content (AvgIpc) is 3.00.